The maximum absolute atomic E-state index is 3.61. The van der Waals surface area contributed by atoms with Crippen LogP contribution in [0.5, 0.6) is 0 Å². The maximum Gasteiger partial charge on any atom is 0.257 e. The van der Waals surface area contributed by atoms with Gasteiger partial charge in [-0.2, -0.15) is 0 Å². The summed E-state index contributed by atoms with van der Waals surface area (Å²) in [7, 11) is 0. The van der Waals surface area contributed by atoms with Crippen LogP contribution >= 0.6 is 0 Å². The fraction of sp³-hybridized carbons (Fsp3) is 0.893. The van der Waals surface area contributed by atoms with Crippen LogP contribution in [-0.4, -0.2) is 4.98 Å². The first kappa shape index (κ1) is 27.2. The summed E-state index contributed by atoms with van der Waals surface area (Å²) in [5.74, 6) is 2.83. The Bertz CT molecular complexity index is 491. The van der Waals surface area contributed by atoms with Crippen LogP contribution in [0.25, 0.3) is 0 Å². The van der Waals surface area contributed by atoms with Crippen molar-refractivity contribution in [3.63, 3.8) is 0 Å². The number of aromatic amines is 1. The topological polar surface area (TPSA) is 19.7 Å². The predicted molar refractivity (Wildman–Crippen MR) is 133 cm³/mol. The van der Waals surface area contributed by atoms with E-state index in [-0.39, 0.29) is 0 Å². The fourth-order valence-electron chi connectivity index (χ4n) is 4.86. The number of nitrogens with zero attached hydrogens (tertiary/aromatic N) is 1. The van der Waals surface area contributed by atoms with Crippen molar-refractivity contribution in [2.24, 2.45) is 5.92 Å². The van der Waals surface area contributed by atoms with Crippen molar-refractivity contribution in [3.8, 4) is 0 Å². The average molecular weight is 420 g/mol. The highest BCUT2D eigenvalue weighted by atomic mass is 15.1. The zero-order valence-electron chi connectivity index (χ0n) is 21.4. The van der Waals surface area contributed by atoms with Gasteiger partial charge in [-0.05, 0) is 32.1 Å². The third kappa shape index (κ3) is 11.6. The van der Waals surface area contributed by atoms with Crippen molar-refractivity contribution >= 4 is 0 Å². The van der Waals surface area contributed by atoms with Crippen LogP contribution in [0, 0.1) is 5.92 Å². The molecule has 2 nitrogen and oxygen atoms in total. The molecule has 2 unspecified atom stereocenters. The molecular weight excluding hydrogens is 364 g/mol. The molecule has 1 N–H and O–H groups in total. The molecular formula is C28H55N2+. The van der Waals surface area contributed by atoms with Crippen molar-refractivity contribution < 1.29 is 4.57 Å². The lowest BCUT2D eigenvalue weighted by Gasteiger charge is -2.20. The minimum Gasteiger partial charge on any atom is -0.247 e. The highest BCUT2D eigenvalue weighted by molar-refractivity contribution is 4.92. The Hall–Kier alpha value is -0.790. The number of imidazole rings is 1. The van der Waals surface area contributed by atoms with Crippen molar-refractivity contribution in [3.05, 3.63) is 18.2 Å². The molecule has 0 spiro atoms. The summed E-state index contributed by atoms with van der Waals surface area (Å²) in [4.78, 5) is 3.61. The molecule has 0 fully saturated rings. The normalized spacial score (nSPS) is 13.8. The standard InChI is InChI=1S/C28H54N2/c1-6-8-10-11-12-13-14-15-16-17-18-20-22-27(25(3)4)28-29-23-24-30(28)26(5)21-19-9-7-2/h23-27H,6-22H2,1-5H3/p+1. The van der Waals surface area contributed by atoms with Crippen LogP contribution < -0.4 is 4.57 Å². The molecule has 2 atom stereocenters. The van der Waals surface area contributed by atoms with Crippen molar-refractivity contribution in [2.75, 3.05) is 0 Å². The summed E-state index contributed by atoms with van der Waals surface area (Å²) in [5, 5.41) is 0. The zero-order chi connectivity index (χ0) is 22.0. The molecule has 30 heavy (non-hydrogen) atoms. The van der Waals surface area contributed by atoms with Crippen LogP contribution in [0.1, 0.15) is 162 Å². The lowest BCUT2D eigenvalue weighted by molar-refractivity contribution is -0.727. The van der Waals surface area contributed by atoms with Gasteiger partial charge in [0.05, 0.1) is 12.0 Å². The second kappa shape index (κ2) is 17.8. The van der Waals surface area contributed by atoms with Gasteiger partial charge >= 0.3 is 0 Å². The molecule has 0 bridgehead atoms. The second-order valence-corrected chi connectivity index (χ2v) is 10.1. The van der Waals surface area contributed by atoms with E-state index in [4.69, 9.17) is 0 Å². The first-order valence-electron chi connectivity index (χ1n) is 13.7. The summed E-state index contributed by atoms with van der Waals surface area (Å²) in [6.45, 7) is 11.8. The number of nitrogens with one attached hydrogen (secondary N) is 1. The van der Waals surface area contributed by atoms with E-state index >= 15 is 0 Å². The number of hydrogen-bond acceptors (Lipinski definition) is 0. The van der Waals surface area contributed by atoms with E-state index in [9.17, 15) is 0 Å². The third-order valence-electron chi connectivity index (χ3n) is 6.97. The largest absolute Gasteiger partial charge is 0.257 e. The lowest BCUT2D eigenvalue weighted by atomic mass is 9.89. The van der Waals surface area contributed by atoms with Crippen molar-refractivity contribution in [1.29, 1.82) is 0 Å². The molecule has 0 radical (unpaired) electrons. The molecule has 1 heterocycles. The summed E-state index contributed by atoms with van der Waals surface area (Å²) < 4.78 is 2.54. The predicted octanol–water partition coefficient (Wildman–Crippen LogP) is 9.27. The Labute approximate surface area is 189 Å². The Kier molecular flexibility index (Phi) is 16.2. The van der Waals surface area contributed by atoms with Gasteiger partial charge in [0, 0.05) is 0 Å². The minimum absolute atomic E-state index is 0.612. The van der Waals surface area contributed by atoms with Gasteiger partial charge in [-0.3, -0.25) is 0 Å². The van der Waals surface area contributed by atoms with E-state index < -0.39 is 0 Å². The molecule has 0 aromatic carbocycles. The SMILES string of the molecule is CCCCCCCCCCCCCCC(c1[nH]cc[n+]1C(C)CCCCC)C(C)C. The molecule has 2 heteroatoms. The lowest BCUT2D eigenvalue weighted by Crippen LogP contribution is -2.41. The van der Waals surface area contributed by atoms with E-state index in [0.29, 0.717) is 17.9 Å². The molecule has 0 saturated carbocycles. The molecule has 1 rings (SSSR count). The van der Waals surface area contributed by atoms with Crippen LogP contribution in [-0.2, 0) is 0 Å². The molecule has 0 saturated heterocycles. The molecule has 0 amide bonds. The van der Waals surface area contributed by atoms with Crippen molar-refractivity contribution in [2.45, 2.75) is 156 Å². The van der Waals surface area contributed by atoms with Crippen molar-refractivity contribution in [1.82, 2.24) is 4.98 Å². The van der Waals surface area contributed by atoms with Gasteiger partial charge in [0.25, 0.3) is 5.82 Å². The minimum atomic E-state index is 0.612. The highest BCUT2D eigenvalue weighted by Crippen LogP contribution is 2.28. The number of H-pyrrole nitrogens is 1. The Morgan fingerprint density at radius 1 is 0.667 bits per heavy atom. The van der Waals surface area contributed by atoms with Crippen LogP contribution in [0.3, 0.4) is 0 Å². The zero-order valence-corrected chi connectivity index (χ0v) is 21.4. The maximum atomic E-state index is 3.61. The molecule has 1 aromatic rings. The van der Waals surface area contributed by atoms with Gasteiger partial charge in [-0.15, -0.1) is 0 Å². The molecule has 0 aliphatic carbocycles. The number of rotatable bonds is 20. The van der Waals surface area contributed by atoms with Gasteiger partial charge in [0.2, 0.25) is 0 Å². The molecule has 1 aromatic heterocycles. The van der Waals surface area contributed by atoms with Crippen LogP contribution in [0.2, 0.25) is 0 Å². The van der Waals surface area contributed by atoms with E-state index in [1.165, 1.54) is 115 Å². The van der Waals surface area contributed by atoms with Crippen LogP contribution in [0.4, 0.5) is 0 Å². The number of aromatic nitrogens is 2. The first-order valence-corrected chi connectivity index (χ1v) is 13.7. The quantitative estimate of drug-likeness (QED) is 0.160. The molecule has 0 aliphatic heterocycles. The van der Waals surface area contributed by atoms with Gasteiger partial charge in [-0.25, -0.2) is 9.55 Å². The van der Waals surface area contributed by atoms with E-state index in [1.54, 1.807) is 0 Å². The monoisotopic (exact) mass is 419 g/mol. The Balaban J connectivity index is 2.25. The Morgan fingerprint density at radius 2 is 1.13 bits per heavy atom. The van der Waals surface area contributed by atoms with Gasteiger partial charge in [0.1, 0.15) is 12.4 Å². The highest BCUT2D eigenvalue weighted by Gasteiger charge is 2.27. The number of hydrogen-bond donors (Lipinski definition) is 1. The molecule has 176 valence electrons. The molecule has 0 aliphatic rings. The van der Waals surface area contributed by atoms with Crippen LogP contribution in [0.15, 0.2) is 12.4 Å². The van der Waals surface area contributed by atoms with Gasteiger partial charge < -0.3 is 0 Å². The van der Waals surface area contributed by atoms with Gasteiger partial charge in [0.15, 0.2) is 0 Å². The second-order valence-electron chi connectivity index (χ2n) is 10.1. The fourth-order valence-corrected chi connectivity index (χ4v) is 4.86. The smallest absolute Gasteiger partial charge is 0.247 e. The van der Waals surface area contributed by atoms with Gasteiger partial charge in [-0.1, -0.05) is 118 Å². The summed E-state index contributed by atoms with van der Waals surface area (Å²) in [5.41, 5.74) is 0. The summed E-state index contributed by atoms with van der Waals surface area (Å²) in [6.07, 6.45) is 28.3. The first-order chi connectivity index (χ1) is 14.6. The third-order valence-corrected chi connectivity index (χ3v) is 6.97. The van der Waals surface area contributed by atoms with E-state index in [0.717, 1.165) is 0 Å². The number of unbranched alkanes of at least 4 members (excludes halogenated alkanes) is 13. The van der Waals surface area contributed by atoms with E-state index in [2.05, 4.69) is 56.6 Å². The van der Waals surface area contributed by atoms with E-state index in [1.807, 2.05) is 0 Å². The Morgan fingerprint density at radius 3 is 1.67 bits per heavy atom. The summed E-state index contributed by atoms with van der Waals surface area (Å²) >= 11 is 0. The summed E-state index contributed by atoms with van der Waals surface area (Å²) in [6, 6.07) is 0.612. The average Bonchev–Trinajstić information content (AvgIpc) is 3.21.